The average molecular weight is 838 g/mol. The second-order valence-corrected chi connectivity index (χ2v) is 11.3. The van der Waals surface area contributed by atoms with Gasteiger partial charge in [-0.15, -0.1) is 10.2 Å². The minimum atomic E-state index is -4.94. The molecule has 0 fully saturated rings. The molecule has 12 nitrogen and oxygen atoms in total. The Morgan fingerprint density at radius 1 is 0.810 bits per heavy atom. The number of fused-ring (bicyclic) bond motifs is 4. The Balaban J connectivity index is 0. The van der Waals surface area contributed by atoms with Crippen LogP contribution in [0.5, 0.6) is 11.5 Å². The van der Waals surface area contributed by atoms with Crippen molar-refractivity contribution in [3.8, 4) is 11.5 Å². The number of benzene rings is 2. The number of nitrogens with zero attached hydrogens (tertiary/aromatic N) is 4. The Labute approximate surface area is 287 Å². The molecule has 0 atom stereocenters. The predicted molar refractivity (Wildman–Crippen MR) is 140 cm³/mol. The molecule has 1 heterocycles. The summed E-state index contributed by atoms with van der Waals surface area (Å²) in [5, 5.41) is 34.6. The van der Waals surface area contributed by atoms with Crippen LogP contribution in [-0.2, 0) is 54.4 Å². The van der Waals surface area contributed by atoms with E-state index >= 15 is 0 Å². The quantitative estimate of drug-likeness (QED) is 0.248. The van der Waals surface area contributed by atoms with Crippen molar-refractivity contribution in [2.45, 2.75) is 26.4 Å². The summed E-state index contributed by atoms with van der Waals surface area (Å²) >= 11 is 7.02. The van der Waals surface area contributed by atoms with Crippen LogP contribution in [0.3, 0.4) is 0 Å². The fourth-order valence-corrected chi connectivity index (χ4v) is 4.48. The normalized spacial score (nSPS) is 14.7. The number of likely N-dealkylation sites (N-methyl/N-ethyl adjacent to an activating group) is 2. The summed E-state index contributed by atoms with van der Waals surface area (Å²) in [6, 6.07) is 7.38. The molecule has 1 aliphatic heterocycles. The molecule has 0 saturated carbocycles. The van der Waals surface area contributed by atoms with E-state index in [4.69, 9.17) is 28.5 Å². The van der Waals surface area contributed by atoms with E-state index in [0.29, 0.717) is 37.3 Å². The van der Waals surface area contributed by atoms with Crippen molar-refractivity contribution in [1.82, 2.24) is 9.80 Å². The molecule has 2 aromatic rings. The van der Waals surface area contributed by atoms with Crippen molar-refractivity contribution in [2.75, 3.05) is 40.3 Å². The zero-order valence-electron chi connectivity index (χ0n) is 23.1. The zero-order valence-corrected chi connectivity index (χ0v) is 30.9. The topological polar surface area (TPSA) is 210 Å². The van der Waals surface area contributed by atoms with Gasteiger partial charge in [0.25, 0.3) is 0 Å². The molecule has 1 aliphatic rings. The van der Waals surface area contributed by atoms with E-state index in [0.717, 1.165) is 46.5 Å². The van der Waals surface area contributed by atoms with Crippen LogP contribution >= 0.6 is 31.9 Å². The molecule has 0 spiro atoms. The van der Waals surface area contributed by atoms with Crippen LogP contribution in [0, 0.1) is 10.2 Å². The average Bonchev–Trinajstić information content (AvgIpc) is 2.80. The molecule has 17 heteroatoms. The molecule has 0 unspecified atom stereocenters. The zero-order chi connectivity index (χ0) is 30.5. The molecule has 0 amide bonds. The van der Waals surface area contributed by atoms with E-state index < -0.39 is 16.2 Å². The molecule has 0 N–H and O–H groups in total. The number of hydrogen-bond acceptors (Lipinski definition) is 12. The van der Waals surface area contributed by atoms with Crippen molar-refractivity contribution in [3.05, 3.63) is 55.5 Å². The predicted octanol–water partition coefficient (Wildman–Crippen LogP) is -2.84. The van der Waals surface area contributed by atoms with Gasteiger partial charge in [0.2, 0.25) is 0 Å². The van der Waals surface area contributed by atoms with E-state index in [2.05, 4.69) is 51.6 Å². The fraction of sp³-hybridized carbons (Fsp3) is 0.400. The minimum absolute atomic E-state index is 0. The maximum Gasteiger partial charge on any atom is 2.00 e. The summed E-state index contributed by atoms with van der Waals surface area (Å²) in [5.41, 5.74) is 2.66. The van der Waals surface area contributed by atoms with Crippen LogP contribution in [0.15, 0.2) is 43.2 Å². The molecule has 2 aromatic carbocycles. The summed E-state index contributed by atoms with van der Waals surface area (Å²) < 4.78 is 35.7. The summed E-state index contributed by atoms with van der Waals surface area (Å²) in [5.74, 6) is -1.06. The standard InChI is InChI=1S/C23H28Br2N4O2.C2H4O2.ClHO4.Cu.Zn/c1-28-6-7-29(2)15-19-11-21(25)9-17(23(19)31)13-27-5-3-4-26-12-16-8-20(24)10-18(14-28)22(16)30;1-2(3)4;2-1(3,4)5;;/h8-13,30-31H,3-7,14-15H2,1-2H3;1H3,(H,3,4);(H,2,3,4,5);;/q;;;2*+2/p-4. The number of carboxylic acid groups (broad SMARTS) is 1. The summed E-state index contributed by atoms with van der Waals surface area (Å²) in [7, 11) is -0.950. The molecule has 231 valence electrons. The van der Waals surface area contributed by atoms with Gasteiger partial charge in [0.1, 0.15) is 0 Å². The molecule has 3 rings (SSSR count). The van der Waals surface area contributed by atoms with E-state index in [-0.39, 0.29) is 48.0 Å². The number of aliphatic carboxylic acids is 1. The van der Waals surface area contributed by atoms with Crippen molar-refractivity contribution in [2.24, 2.45) is 9.98 Å². The Morgan fingerprint density at radius 3 is 1.43 bits per heavy atom. The van der Waals surface area contributed by atoms with Gasteiger partial charge in [-0.2, -0.15) is 0 Å². The number of carbonyl (C=O) groups is 1. The van der Waals surface area contributed by atoms with Gasteiger partial charge in [0.15, 0.2) is 0 Å². The van der Waals surface area contributed by atoms with Gasteiger partial charge in [0.05, 0.1) is 0 Å². The van der Waals surface area contributed by atoms with Gasteiger partial charge >= 0.3 is 36.5 Å². The number of hydrogen-bond donors (Lipinski definition) is 0. The van der Waals surface area contributed by atoms with Crippen molar-refractivity contribution in [3.63, 3.8) is 0 Å². The minimum Gasteiger partial charge on any atom is -0.872 e. The Hall–Kier alpha value is -0.997. The molecule has 0 aromatic heterocycles. The van der Waals surface area contributed by atoms with Crippen LogP contribution in [0.25, 0.3) is 0 Å². The smallest absolute Gasteiger partial charge is 0.872 e. The van der Waals surface area contributed by atoms with Crippen LogP contribution < -0.4 is 34.0 Å². The van der Waals surface area contributed by atoms with E-state index in [1.807, 2.05) is 38.4 Å². The maximum absolute atomic E-state index is 12.8. The van der Waals surface area contributed by atoms with Crippen molar-refractivity contribution >= 4 is 50.3 Å². The van der Waals surface area contributed by atoms with Gasteiger partial charge in [-0.3, -0.25) is 9.98 Å². The first-order valence-electron chi connectivity index (χ1n) is 11.7. The SMILES string of the molecule is CC(=O)[O-].CN1CCN(C)Cc2cc(Br)cc(c2[O-])C=NCCCN=Cc2cc(Br)cc(c2[O-])C1.[Cu+2].[O-][Cl+3]([O-])([O-])[O-].[Zn+2]. The third kappa shape index (κ3) is 19.3. The van der Waals surface area contributed by atoms with Crippen molar-refractivity contribution in [1.29, 1.82) is 0 Å². The molecule has 0 aliphatic carbocycles. The first kappa shape index (κ1) is 43.1. The Bertz CT molecular complexity index is 1100. The van der Waals surface area contributed by atoms with Crippen LogP contribution in [0.4, 0.5) is 0 Å². The van der Waals surface area contributed by atoms with Gasteiger partial charge in [0, 0.05) is 66.6 Å². The molecule has 0 saturated heterocycles. The molecule has 4 bridgehead atoms. The molecule has 1 radical (unpaired) electrons. The second-order valence-electron chi connectivity index (χ2n) is 8.74. The van der Waals surface area contributed by atoms with E-state index in [1.54, 1.807) is 12.4 Å². The van der Waals surface area contributed by atoms with E-state index in [1.165, 1.54) is 0 Å². The summed E-state index contributed by atoms with van der Waals surface area (Å²) in [6.07, 6.45) is 4.04. The number of halogens is 3. The largest absolute Gasteiger partial charge is 2.00 e. The summed E-state index contributed by atoms with van der Waals surface area (Å²) in [6.45, 7) is 4.74. The number of aliphatic imine (C=N–C) groups is 2. The van der Waals surface area contributed by atoms with Crippen LogP contribution in [-0.4, -0.2) is 68.5 Å². The first-order chi connectivity index (χ1) is 18.6. The number of carbonyl (C=O) groups excluding carboxylic acids is 1. The molecule has 42 heavy (non-hydrogen) atoms. The van der Waals surface area contributed by atoms with Crippen molar-refractivity contribution < 1.29 is 85.5 Å². The Morgan fingerprint density at radius 2 is 1.12 bits per heavy atom. The molecular formula is C25H29Br2ClCuN4O8Zn. The molecular weight excluding hydrogens is 808 g/mol. The van der Waals surface area contributed by atoms with Crippen LogP contribution in [0.1, 0.15) is 35.6 Å². The Kier molecular flexibility index (Phi) is 22.2. The monoisotopic (exact) mass is 833 g/mol. The number of rotatable bonds is 0. The second kappa shape index (κ2) is 21.7. The fourth-order valence-electron chi connectivity index (χ4n) is 3.43. The van der Waals surface area contributed by atoms with Gasteiger partial charge in [-0.25, -0.2) is 18.6 Å². The number of carboxylic acids is 1. The maximum atomic E-state index is 12.8. The van der Waals surface area contributed by atoms with Gasteiger partial charge < -0.3 is 29.9 Å². The van der Waals surface area contributed by atoms with Crippen LogP contribution in [0.2, 0.25) is 0 Å². The van der Waals surface area contributed by atoms with Gasteiger partial charge in [-0.05, 0) is 74.0 Å². The third-order valence-corrected chi connectivity index (χ3v) is 6.01. The first-order valence-corrected chi connectivity index (χ1v) is 14.5. The van der Waals surface area contributed by atoms with Gasteiger partial charge in [-0.1, -0.05) is 43.4 Å². The summed E-state index contributed by atoms with van der Waals surface area (Å²) in [4.78, 5) is 21.9. The van der Waals surface area contributed by atoms with E-state index in [9.17, 15) is 10.2 Å². The third-order valence-electron chi connectivity index (χ3n) is 5.10.